The summed E-state index contributed by atoms with van der Waals surface area (Å²) in [4.78, 5) is 0. The van der Waals surface area contributed by atoms with E-state index in [-0.39, 0.29) is 11.4 Å². The highest BCUT2D eigenvalue weighted by Gasteiger charge is 2.21. The van der Waals surface area contributed by atoms with Crippen LogP contribution in [0, 0.1) is 0 Å². The lowest BCUT2D eigenvalue weighted by Crippen LogP contribution is -2.25. The van der Waals surface area contributed by atoms with Crippen LogP contribution in [-0.2, 0) is 10.3 Å². The number of anilines is 4. The van der Waals surface area contributed by atoms with Gasteiger partial charge in [0.05, 0.1) is 11.4 Å². The molecule has 5 N–H and O–H groups in total. The lowest BCUT2D eigenvalue weighted by molar-refractivity contribution is 0.483. The van der Waals surface area contributed by atoms with Gasteiger partial charge in [0.2, 0.25) is 0 Å². The summed E-state index contributed by atoms with van der Waals surface area (Å²) in [6.07, 6.45) is 0. The molecule has 0 saturated carbocycles. The predicted octanol–water partition coefficient (Wildman–Crippen LogP) is 1.79. The van der Waals surface area contributed by atoms with Crippen LogP contribution in [0.15, 0.2) is 48.5 Å². The van der Waals surface area contributed by atoms with Crippen molar-refractivity contribution in [3.8, 4) is 0 Å². The van der Waals surface area contributed by atoms with Crippen LogP contribution in [0.2, 0.25) is 0 Å². The second-order valence-corrected chi connectivity index (χ2v) is 5.19. The molecule has 0 aliphatic rings. The van der Waals surface area contributed by atoms with E-state index in [2.05, 4.69) is 0 Å². The number of nitrogen functional groups attached to an aromatic ring is 2. The van der Waals surface area contributed by atoms with Crippen molar-refractivity contribution in [2.24, 2.45) is 0 Å². The van der Waals surface area contributed by atoms with Crippen LogP contribution >= 0.6 is 0 Å². The quantitative estimate of drug-likeness (QED) is 0.586. The fourth-order valence-corrected chi connectivity index (χ4v) is 2.41. The second kappa shape index (κ2) is 4.79. The van der Waals surface area contributed by atoms with Crippen LogP contribution < -0.4 is 15.8 Å². The Kier molecular flexibility index (Phi) is 3.32. The van der Waals surface area contributed by atoms with Gasteiger partial charge in [-0.25, -0.2) is 4.31 Å². The van der Waals surface area contributed by atoms with E-state index in [1.807, 2.05) is 0 Å². The van der Waals surface area contributed by atoms with E-state index in [1.54, 1.807) is 24.3 Å². The van der Waals surface area contributed by atoms with Crippen LogP contribution in [0.3, 0.4) is 0 Å². The van der Waals surface area contributed by atoms with Crippen molar-refractivity contribution in [3.05, 3.63) is 48.5 Å². The molecular weight excluding hydrogens is 266 g/mol. The molecule has 0 heterocycles. The Morgan fingerprint density at radius 1 is 0.789 bits per heavy atom. The molecular formula is C12H13N3O3S. The molecule has 2 aromatic rings. The molecule has 0 aliphatic heterocycles. The topological polar surface area (TPSA) is 110 Å². The Morgan fingerprint density at radius 3 is 1.37 bits per heavy atom. The number of rotatable bonds is 3. The molecule has 0 spiro atoms. The zero-order chi connectivity index (χ0) is 14.0. The molecule has 0 aliphatic carbocycles. The maximum Gasteiger partial charge on any atom is 0.364 e. The molecule has 0 amide bonds. The van der Waals surface area contributed by atoms with Crippen molar-refractivity contribution in [2.75, 3.05) is 15.8 Å². The molecule has 0 aromatic heterocycles. The summed E-state index contributed by atoms with van der Waals surface area (Å²) in [7, 11) is -4.45. The summed E-state index contributed by atoms with van der Waals surface area (Å²) in [6.45, 7) is 0. The maximum atomic E-state index is 11.5. The summed E-state index contributed by atoms with van der Waals surface area (Å²) in [5.74, 6) is 0. The van der Waals surface area contributed by atoms with Gasteiger partial charge in [-0.2, -0.15) is 8.42 Å². The minimum absolute atomic E-state index is 0.279. The third kappa shape index (κ3) is 2.95. The van der Waals surface area contributed by atoms with E-state index in [9.17, 15) is 13.0 Å². The molecule has 100 valence electrons. The number of nitrogens with zero attached hydrogens (tertiary/aromatic N) is 1. The highest BCUT2D eigenvalue weighted by molar-refractivity contribution is 7.87. The maximum absolute atomic E-state index is 11.5. The monoisotopic (exact) mass is 279 g/mol. The molecule has 0 fully saturated rings. The normalized spacial score (nSPS) is 11.2. The molecule has 0 saturated heterocycles. The summed E-state index contributed by atoms with van der Waals surface area (Å²) >= 11 is 0. The van der Waals surface area contributed by atoms with Gasteiger partial charge in [0, 0.05) is 11.4 Å². The lowest BCUT2D eigenvalue weighted by Gasteiger charge is -2.21. The third-order valence-electron chi connectivity index (χ3n) is 2.49. The van der Waals surface area contributed by atoms with Crippen LogP contribution in [0.25, 0.3) is 0 Å². The van der Waals surface area contributed by atoms with E-state index < -0.39 is 10.3 Å². The summed E-state index contributed by atoms with van der Waals surface area (Å²) in [5.41, 5.74) is 12.6. The number of benzene rings is 2. The minimum Gasteiger partial charge on any atom is -0.399 e. The highest BCUT2D eigenvalue weighted by atomic mass is 32.2. The number of hydrogen-bond acceptors (Lipinski definition) is 4. The predicted molar refractivity (Wildman–Crippen MR) is 75.4 cm³/mol. The van der Waals surface area contributed by atoms with Gasteiger partial charge in [-0.3, -0.25) is 4.55 Å². The Hall–Kier alpha value is -2.25. The highest BCUT2D eigenvalue weighted by Crippen LogP contribution is 2.29. The average Bonchev–Trinajstić information content (AvgIpc) is 2.33. The first kappa shape index (κ1) is 13.2. The Labute approximate surface area is 111 Å². The van der Waals surface area contributed by atoms with Gasteiger partial charge >= 0.3 is 10.3 Å². The Bertz CT molecular complexity index is 621. The summed E-state index contributed by atoms with van der Waals surface area (Å²) < 4.78 is 33.2. The van der Waals surface area contributed by atoms with E-state index in [4.69, 9.17) is 11.5 Å². The van der Waals surface area contributed by atoms with Gasteiger partial charge in [0.15, 0.2) is 0 Å². The van der Waals surface area contributed by atoms with Crippen molar-refractivity contribution in [1.29, 1.82) is 0 Å². The minimum atomic E-state index is -4.45. The first-order valence-corrected chi connectivity index (χ1v) is 6.76. The molecule has 2 aromatic carbocycles. The van der Waals surface area contributed by atoms with Crippen LogP contribution in [0.5, 0.6) is 0 Å². The SMILES string of the molecule is Nc1ccc(N(c2ccc(N)cc2)S(=O)(=O)O)cc1. The molecule has 0 radical (unpaired) electrons. The van der Waals surface area contributed by atoms with Gasteiger partial charge < -0.3 is 11.5 Å². The van der Waals surface area contributed by atoms with Crippen LogP contribution in [0.4, 0.5) is 22.7 Å². The van der Waals surface area contributed by atoms with Crippen molar-refractivity contribution >= 4 is 33.1 Å². The van der Waals surface area contributed by atoms with Crippen molar-refractivity contribution in [1.82, 2.24) is 0 Å². The molecule has 19 heavy (non-hydrogen) atoms. The Balaban J connectivity index is 2.54. The van der Waals surface area contributed by atoms with Crippen molar-refractivity contribution < 1.29 is 13.0 Å². The van der Waals surface area contributed by atoms with Crippen LogP contribution in [0.1, 0.15) is 0 Å². The van der Waals surface area contributed by atoms with Gasteiger partial charge in [0.1, 0.15) is 0 Å². The fourth-order valence-electron chi connectivity index (χ4n) is 1.63. The molecule has 6 nitrogen and oxygen atoms in total. The summed E-state index contributed by atoms with van der Waals surface area (Å²) in [6, 6.07) is 12.2. The van der Waals surface area contributed by atoms with E-state index in [0.29, 0.717) is 11.4 Å². The third-order valence-corrected chi connectivity index (χ3v) is 3.37. The molecule has 0 bridgehead atoms. The first-order chi connectivity index (χ1) is 8.88. The fraction of sp³-hybridized carbons (Fsp3) is 0. The smallest absolute Gasteiger partial charge is 0.364 e. The second-order valence-electron chi connectivity index (χ2n) is 3.93. The molecule has 0 atom stereocenters. The largest absolute Gasteiger partial charge is 0.399 e. The molecule has 2 rings (SSSR count). The van der Waals surface area contributed by atoms with Gasteiger partial charge in [-0.1, -0.05) is 0 Å². The van der Waals surface area contributed by atoms with Crippen molar-refractivity contribution in [3.63, 3.8) is 0 Å². The first-order valence-electron chi connectivity index (χ1n) is 5.37. The number of hydrogen-bond donors (Lipinski definition) is 3. The van der Waals surface area contributed by atoms with E-state index in [0.717, 1.165) is 4.31 Å². The number of nitrogens with two attached hydrogens (primary N) is 2. The molecule has 7 heteroatoms. The standard InChI is InChI=1S/C12H13N3O3S/c13-9-1-5-11(6-2-9)15(19(16,17)18)12-7-3-10(14)4-8-12/h1-8H,13-14H2,(H,16,17,18). The van der Waals surface area contributed by atoms with Gasteiger partial charge in [-0.15, -0.1) is 0 Å². The van der Waals surface area contributed by atoms with Crippen LogP contribution in [-0.4, -0.2) is 13.0 Å². The Morgan fingerprint density at radius 2 is 1.11 bits per heavy atom. The summed E-state index contributed by atoms with van der Waals surface area (Å²) in [5, 5.41) is 0. The lowest BCUT2D eigenvalue weighted by atomic mass is 10.2. The zero-order valence-corrected chi connectivity index (χ0v) is 10.7. The van der Waals surface area contributed by atoms with E-state index in [1.165, 1.54) is 24.3 Å². The van der Waals surface area contributed by atoms with Gasteiger partial charge in [-0.05, 0) is 48.5 Å². The van der Waals surface area contributed by atoms with E-state index >= 15 is 0 Å². The van der Waals surface area contributed by atoms with Crippen molar-refractivity contribution in [2.45, 2.75) is 0 Å². The average molecular weight is 279 g/mol. The molecule has 0 unspecified atom stereocenters. The zero-order valence-electron chi connectivity index (χ0n) is 9.89. The van der Waals surface area contributed by atoms with Gasteiger partial charge in [0.25, 0.3) is 0 Å².